The average molecular weight is 245 g/mol. The van der Waals surface area contributed by atoms with E-state index >= 15 is 0 Å². The van der Waals surface area contributed by atoms with Gasteiger partial charge in [0.15, 0.2) is 5.82 Å². The van der Waals surface area contributed by atoms with Crippen molar-refractivity contribution >= 4 is 0 Å². The van der Waals surface area contributed by atoms with Gasteiger partial charge in [-0.25, -0.2) is 15.0 Å². The third-order valence-electron chi connectivity index (χ3n) is 2.69. The summed E-state index contributed by atoms with van der Waals surface area (Å²) in [6.45, 7) is 5.93. The van der Waals surface area contributed by atoms with E-state index in [4.69, 9.17) is 0 Å². The van der Waals surface area contributed by atoms with Gasteiger partial charge in [0, 0.05) is 19.3 Å². The lowest BCUT2D eigenvalue weighted by molar-refractivity contribution is 0.662. The molecular formula is C13H19N5. The van der Waals surface area contributed by atoms with Gasteiger partial charge < -0.3 is 9.88 Å². The molecule has 5 nitrogen and oxygen atoms in total. The molecule has 96 valence electrons. The molecule has 0 spiro atoms. The first kappa shape index (κ1) is 12.7. The number of nitrogens with one attached hydrogen (secondary N) is 1. The van der Waals surface area contributed by atoms with Crippen LogP contribution in [-0.4, -0.2) is 26.1 Å². The standard InChI is InChI=1S/C13H19N5/c1-4-5-14-7-11-6-10(2)16-13(17-11)12-8-15-9-18(12)3/h6,8-9,14H,4-5,7H2,1-3H3. The number of aryl methyl sites for hydroxylation is 2. The molecule has 0 aliphatic heterocycles. The lowest BCUT2D eigenvalue weighted by Crippen LogP contribution is -2.15. The van der Waals surface area contributed by atoms with Crippen molar-refractivity contribution in [2.45, 2.75) is 26.8 Å². The van der Waals surface area contributed by atoms with Crippen molar-refractivity contribution in [2.75, 3.05) is 6.54 Å². The number of aromatic nitrogens is 4. The summed E-state index contributed by atoms with van der Waals surface area (Å²) in [7, 11) is 1.95. The summed E-state index contributed by atoms with van der Waals surface area (Å²) in [6.07, 6.45) is 4.67. The number of hydrogen-bond acceptors (Lipinski definition) is 4. The van der Waals surface area contributed by atoms with Gasteiger partial charge in [-0.3, -0.25) is 0 Å². The van der Waals surface area contributed by atoms with Crippen molar-refractivity contribution in [1.29, 1.82) is 0 Å². The quantitative estimate of drug-likeness (QED) is 0.814. The smallest absolute Gasteiger partial charge is 0.178 e. The maximum absolute atomic E-state index is 4.57. The fraction of sp³-hybridized carbons (Fsp3) is 0.462. The van der Waals surface area contributed by atoms with Gasteiger partial charge >= 0.3 is 0 Å². The van der Waals surface area contributed by atoms with Crippen molar-refractivity contribution in [3.63, 3.8) is 0 Å². The summed E-state index contributed by atoms with van der Waals surface area (Å²) in [5.74, 6) is 0.739. The van der Waals surface area contributed by atoms with Crippen molar-refractivity contribution in [1.82, 2.24) is 24.8 Å². The lowest BCUT2D eigenvalue weighted by Gasteiger charge is -2.07. The molecule has 1 N–H and O–H groups in total. The molecule has 0 aliphatic rings. The van der Waals surface area contributed by atoms with E-state index in [2.05, 4.69) is 27.2 Å². The first-order valence-corrected chi connectivity index (χ1v) is 6.22. The van der Waals surface area contributed by atoms with Crippen molar-refractivity contribution in [3.8, 4) is 11.5 Å². The van der Waals surface area contributed by atoms with Crippen LogP contribution in [0.25, 0.3) is 11.5 Å². The van der Waals surface area contributed by atoms with Gasteiger partial charge in [-0.05, 0) is 26.0 Å². The van der Waals surface area contributed by atoms with Crippen LogP contribution in [0.3, 0.4) is 0 Å². The minimum absolute atomic E-state index is 0.739. The van der Waals surface area contributed by atoms with E-state index in [1.807, 2.05) is 24.6 Å². The highest BCUT2D eigenvalue weighted by atomic mass is 15.1. The van der Waals surface area contributed by atoms with Gasteiger partial charge in [-0.1, -0.05) is 6.92 Å². The highest BCUT2D eigenvalue weighted by molar-refractivity contribution is 5.48. The number of rotatable bonds is 5. The molecule has 5 heteroatoms. The second-order valence-corrected chi connectivity index (χ2v) is 4.39. The molecule has 2 aromatic heterocycles. The Hall–Kier alpha value is -1.75. The first-order chi connectivity index (χ1) is 8.70. The first-order valence-electron chi connectivity index (χ1n) is 6.22. The lowest BCUT2D eigenvalue weighted by atomic mass is 10.3. The minimum atomic E-state index is 0.739. The van der Waals surface area contributed by atoms with Crippen molar-refractivity contribution in [2.24, 2.45) is 7.05 Å². The molecule has 2 aromatic rings. The zero-order chi connectivity index (χ0) is 13.0. The van der Waals surface area contributed by atoms with Crippen LogP contribution in [0.1, 0.15) is 24.7 Å². The summed E-state index contributed by atoms with van der Waals surface area (Å²) >= 11 is 0. The van der Waals surface area contributed by atoms with Crippen LogP contribution in [0, 0.1) is 6.92 Å². The molecule has 0 amide bonds. The van der Waals surface area contributed by atoms with Crippen LogP contribution in [0.15, 0.2) is 18.6 Å². The number of nitrogens with zero attached hydrogens (tertiary/aromatic N) is 4. The zero-order valence-corrected chi connectivity index (χ0v) is 11.1. The third kappa shape index (κ3) is 2.92. The second kappa shape index (κ2) is 5.73. The van der Waals surface area contributed by atoms with E-state index in [0.717, 1.165) is 42.4 Å². The Balaban J connectivity index is 2.24. The third-order valence-corrected chi connectivity index (χ3v) is 2.69. The fourth-order valence-electron chi connectivity index (χ4n) is 1.80. The van der Waals surface area contributed by atoms with E-state index in [-0.39, 0.29) is 0 Å². The van der Waals surface area contributed by atoms with Gasteiger partial charge in [0.05, 0.1) is 18.2 Å². The Bertz CT molecular complexity index is 518. The molecule has 0 bridgehead atoms. The van der Waals surface area contributed by atoms with Crippen LogP contribution in [0.5, 0.6) is 0 Å². The van der Waals surface area contributed by atoms with Crippen LogP contribution in [0.4, 0.5) is 0 Å². The van der Waals surface area contributed by atoms with E-state index < -0.39 is 0 Å². The Morgan fingerprint density at radius 1 is 1.33 bits per heavy atom. The molecule has 0 saturated carbocycles. The molecule has 0 fully saturated rings. The summed E-state index contributed by atoms with van der Waals surface area (Å²) in [5.41, 5.74) is 2.94. The van der Waals surface area contributed by atoms with Crippen LogP contribution >= 0.6 is 0 Å². The van der Waals surface area contributed by atoms with Crippen LogP contribution < -0.4 is 5.32 Å². The molecule has 2 heterocycles. The summed E-state index contributed by atoms with van der Waals surface area (Å²) < 4.78 is 1.93. The van der Waals surface area contributed by atoms with Gasteiger partial charge in [0.2, 0.25) is 0 Å². The molecule has 0 aliphatic carbocycles. The highest BCUT2D eigenvalue weighted by Crippen LogP contribution is 2.14. The molecular weight excluding hydrogens is 226 g/mol. The van der Waals surface area contributed by atoms with Gasteiger partial charge in [-0.15, -0.1) is 0 Å². The Kier molecular flexibility index (Phi) is 4.04. The zero-order valence-electron chi connectivity index (χ0n) is 11.1. The van der Waals surface area contributed by atoms with Gasteiger partial charge in [-0.2, -0.15) is 0 Å². The topological polar surface area (TPSA) is 55.6 Å². The summed E-state index contributed by atoms with van der Waals surface area (Å²) in [4.78, 5) is 13.1. The molecule has 18 heavy (non-hydrogen) atoms. The predicted molar refractivity (Wildman–Crippen MR) is 71.0 cm³/mol. The van der Waals surface area contributed by atoms with E-state index in [1.165, 1.54) is 0 Å². The van der Waals surface area contributed by atoms with Crippen LogP contribution in [-0.2, 0) is 13.6 Å². The van der Waals surface area contributed by atoms with Gasteiger partial charge in [0.25, 0.3) is 0 Å². The molecule has 0 saturated heterocycles. The largest absolute Gasteiger partial charge is 0.331 e. The number of hydrogen-bond donors (Lipinski definition) is 1. The monoisotopic (exact) mass is 245 g/mol. The Labute approximate surface area is 107 Å². The molecule has 0 unspecified atom stereocenters. The van der Waals surface area contributed by atoms with Crippen molar-refractivity contribution < 1.29 is 0 Å². The molecule has 0 atom stereocenters. The highest BCUT2D eigenvalue weighted by Gasteiger charge is 2.08. The van der Waals surface area contributed by atoms with E-state index in [0.29, 0.717) is 0 Å². The van der Waals surface area contributed by atoms with Crippen LogP contribution in [0.2, 0.25) is 0 Å². The Morgan fingerprint density at radius 3 is 2.83 bits per heavy atom. The van der Waals surface area contributed by atoms with E-state index in [9.17, 15) is 0 Å². The van der Waals surface area contributed by atoms with Gasteiger partial charge in [0.1, 0.15) is 5.69 Å². The van der Waals surface area contributed by atoms with E-state index in [1.54, 1.807) is 12.5 Å². The molecule has 0 aromatic carbocycles. The fourth-order valence-corrected chi connectivity index (χ4v) is 1.80. The summed E-state index contributed by atoms with van der Waals surface area (Å²) in [6, 6.07) is 2.02. The predicted octanol–water partition coefficient (Wildman–Crippen LogP) is 1.69. The number of imidazole rings is 1. The normalized spacial score (nSPS) is 10.8. The maximum atomic E-state index is 4.57. The minimum Gasteiger partial charge on any atom is -0.331 e. The van der Waals surface area contributed by atoms with Crippen molar-refractivity contribution in [3.05, 3.63) is 30.0 Å². The molecule has 2 rings (SSSR count). The summed E-state index contributed by atoms with van der Waals surface area (Å²) in [5, 5.41) is 3.35. The SMILES string of the molecule is CCCNCc1cc(C)nc(-c2cncn2C)n1. The Morgan fingerprint density at radius 2 is 2.17 bits per heavy atom. The second-order valence-electron chi connectivity index (χ2n) is 4.39. The maximum Gasteiger partial charge on any atom is 0.178 e. The average Bonchev–Trinajstić information content (AvgIpc) is 2.75. The molecule has 0 radical (unpaired) electrons.